The zero-order chi connectivity index (χ0) is 20.1. The van der Waals surface area contributed by atoms with Gasteiger partial charge in [-0.05, 0) is 43.3 Å². The van der Waals surface area contributed by atoms with E-state index in [0.717, 1.165) is 27.2 Å². The van der Waals surface area contributed by atoms with Crippen LogP contribution in [0.1, 0.15) is 11.3 Å². The van der Waals surface area contributed by atoms with Gasteiger partial charge in [-0.25, -0.2) is 5.43 Å². The number of nitrogens with zero attached hydrogens (tertiary/aromatic N) is 2. The number of hydrazone groups is 1. The van der Waals surface area contributed by atoms with Crippen molar-refractivity contribution in [3.63, 3.8) is 0 Å². The number of ether oxygens (including phenoxy) is 1. The van der Waals surface area contributed by atoms with Crippen LogP contribution in [0.5, 0.6) is 5.75 Å². The Morgan fingerprint density at radius 1 is 1.25 bits per heavy atom. The highest BCUT2D eigenvalue weighted by molar-refractivity contribution is 8.00. The van der Waals surface area contributed by atoms with Crippen LogP contribution < -0.4 is 10.2 Å². The van der Waals surface area contributed by atoms with Gasteiger partial charge in [0.25, 0.3) is 0 Å². The Morgan fingerprint density at radius 3 is 2.82 bits per heavy atom. The summed E-state index contributed by atoms with van der Waals surface area (Å²) in [5.74, 6) is 0.729. The summed E-state index contributed by atoms with van der Waals surface area (Å²) in [5, 5.41) is 5.90. The molecule has 0 bridgehead atoms. The molecule has 0 saturated carbocycles. The Hall–Kier alpha value is -2.28. The smallest absolute Gasteiger partial charge is 0.250 e. The number of amides is 1. The van der Waals surface area contributed by atoms with Crippen LogP contribution in [0.4, 0.5) is 0 Å². The number of rotatable bonds is 6. The summed E-state index contributed by atoms with van der Waals surface area (Å²) in [7, 11) is 1.62. The highest BCUT2D eigenvalue weighted by atomic mass is 35.5. The summed E-state index contributed by atoms with van der Waals surface area (Å²) in [6.45, 7) is 1.92. The van der Waals surface area contributed by atoms with Gasteiger partial charge in [0.2, 0.25) is 5.91 Å². The van der Waals surface area contributed by atoms with E-state index in [1.54, 1.807) is 25.3 Å². The molecular formula is C20H17Cl2N3O2S. The fraction of sp³-hybridized carbons (Fsp3) is 0.150. The van der Waals surface area contributed by atoms with Gasteiger partial charge < -0.3 is 4.74 Å². The van der Waals surface area contributed by atoms with E-state index in [0.29, 0.717) is 15.6 Å². The normalized spacial score (nSPS) is 11.1. The van der Waals surface area contributed by atoms with E-state index in [4.69, 9.17) is 27.9 Å². The van der Waals surface area contributed by atoms with E-state index in [-0.39, 0.29) is 11.7 Å². The van der Waals surface area contributed by atoms with Crippen molar-refractivity contribution in [2.24, 2.45) is 5.10 Å². The third kappa shape index (κ3) is 5.16. The van der Waals surface area contributed by atoms with Crippen molar-refractivity contribution in [1.82, 2.24) is 10.4 Å². The molecule has 28 heavy (non-hydrogen) atoms. The van der Waals surface area contributed by atoms with E-state index in [9.17, 15) is 4.79 Å². The number of hydrogen-bond donors (Lipinski definition) is 1. The van der Waals surface area contributed by atoms with E-state index < -0.39 is 0 Å². The number of nitrogens with one attached hydrogen (secondary N) is 1. The van der Waals surface area contributed by atoms with Crippen LogP contribution in [0.15, 0.2) is 52.5 Å². The fourth-order valence-corrected chi connectivity index (χ4v) is 3.88. The molecule has 0 spiro atoms. The number of carbonyl (C=O) groups excluding carboxylic acids is 1. The van der Waals surface area contributed by atoms with Crippen molar-refractivity contribution in [3.8, 4) is 5.75 Å². The molecule has 0 aliphatic rings. The average Bonchev–Trinajstić information content (AvgIpc) is 2.67. The molecule has 1 aromatic heterocycles. The second-order valence-corrected chi connectivity index (χ2v) is 7.75. The Kier molecular flexibility index (Phi) is 6.78. The maximum absolute atomic E-state index is 12.1. The summed E-state index contributed by atoms with van der Waals surface area (Å²) in [4.78, 5) is 17.6. The molecule has 1 amide bonds. The van der Waals surface area contributed by atoms with Crippen molar-refractivity contribution in [2.75, 3.05) is 12.9 Å². The van der Waals surface area contributed by atoms with E-state index in [1.807, 2.05) is 31.2 Å². The molecule has 0 fully saturated rings. The minimum Gasteiger partial charge on any atom is -0.497 e. The van der Waals surface area contributed by atoms with E-state index >= 15 is 0 Å². The molecule has 0 saturated heterocycles. The van der Waals surface area contributed by atoms with E-state index in [2.05, 4.69) is 15.5 Å². The molecule has 3 aromatic rings. The Morgan fingerprint density at radius 2 is 2.07 bits per heavy atom. The number of pyridine rings is 1. The molecule has 0 aliphatic heterocycles. The van der Waals surface area contributed by atoms with Gasteiger partial charge in [-0.15, -0.1) is 11.8 Å². The zero-order valence-electron chi connectivity index (χ0n) is 15.2. The number of thioether (sulfide) groups is 1. The summed E-state index contributed by atoms with van der Waals surface area (Å²) in [6.07, 6.45) is 1.48. The van der Waals surface area contributed by atoms with Gasteiger partial charge in [0, 0.05) is 26.6 Å². The van der Waals surface area contributed by atoms with Crippen LogP contribution in [0, 0.1) is 6.92 Å². The number of benzene rings is 2. The summed E-state index contributed by atoms with van der Waals surface area (Å²) < 4.78 is 5.29. The van der Waals surface area contributed by atoms with Crippen LogP contribution in [0.25, 0.3) is 10.9 Å². The molecule has 144 valence electrons. The van der Waals surface area contributed by atoms with Crippen molar-refractivity contribution in [1.29, 1.82) is 0 Å². The lowest BCUT2D eigenvalue weighted by molar-refractivity contribution is -0.118. The minimum absolute atomic E-state index is 0.210. The first-order valence-electron chi connectivity index (χ1n) is 8.31. The topological polar surface area (TPSA) is 63.6 Å². The van der Waals surface area contributed by atoms with Crippen LogP contribution in [-0.4, -0.2) is 30.0 Å². The van der Waals surface area contributed by atoms with Crippen molar-refractivity contribution in [3.05, 3.63) is 63.8 Å². The molecule has 0 radical (unpaired) electrons. The van der Waals surface area contributed by atoms with Gasteiger partial charge in [-0.3, -0.25) is 9.78 Å². The molecule has 1 N–H and O–H groups in total. The number of hydrogen-bond acceptors (Lipinski definition) is 5. The summed E-state index contributed by atoms with van der Waals surface area (Å²) in [6, 6.07) is 12.7. The van der Waals surface area contributed by atoms with E-state index in [1.165, 1.54) is 18.0 Å². The van der Waals surface area contributed by atoms with Gasteiger partial charge in [-0.2, -0.15) is 5.10 Å². The van der Waals surface area contributed by atoms with Crippen LogP contribution in [0.2, 0.25) is 10.0 Å². The zero-order valence-corrected chi connectivity index (χ0v) is 17.5. The second kappa shape index (κ2) is 9.28. The maximum atomic E-state index is 12.1. The molecule has 0 atom stereocenters. The number of methoxy groups -OCH3 is 1. The number of halogens is 2. The van der Waals surface area contributed by atoms with Crippen molar-refractivity contribution >= 4 is 58.0 Å². The van der Waals surface area contributed by atoms with Crippen molar-refractivity contribution in [2.45, 2.75) is 11.8 Å². The second-order valence-electron chi connectivity index (χ2n) is 5.89. The van der Waals surface area contributed by atoms with Gasteiger partial charge in [0.1, 0.15) is 5.75 Å². The third-order valence-corrected chi connectivity index (χ3v) is 5.44. The fourth-order valence-electron chi connectivity index (χ4n) is 2.50. The molecule has 2 aromatic carbocycles. The van der Waals surface area contributed by atoms with Crippen LogP contribution >= 0.6 is 35.0 Å². The minimum atomic E-state index is -0.225. The molecule has 1 heterocycles. The lowest BCUT2D eigenvalue weighted by Gasteiger charge is -2.09. The molecule has 8 heteroatoms. The van der Waals surface area contributed by atoms with Gasteiger partial charge >= 0.3 is 0 Å². The monoisotopic (exact) mass is 433 g/mol. The standard InChI is InChI=1S/C20H17Cl2N3O2S/c1-12-7-19(16-9-15(27-2)5-6-18(16)24-12)28-11-20(26)25-23-10-13-3-4-14(21)8-17(13)22/h3-10H,11H2,1-2H3,(H,25,26)/b23-10+. The molecule has 5 nitrogen and oxygen atoms in total. The Bertz CT molecular complexity index is 1060. The average molecular weight is 434 g/mol. The summed E-state index contributed by atoms with van der Waals surface area (Å²) >= 11 is 13.3. The van der Waals surface area contributed by atoms with Gasteiger partial charge in [0.05, 0.1) is 29.6 Å². The quantitative estimate of drug-likeness (QED) is 0.333. The predicted octanol–water partition coefficient (Wildman–Crippen LogP) is 5.10. The van der Waals surface area contributed by atoms with Gasteiger partial charge in [-0.1, -0.05) is 29.3 Å². The number of aryl methyl sites for hydroxylation is 1. The molecule has 0 aliphatic carbocycles. The largest absolute Gasteiger partial charge is 0.497 e. The number of carbonyl (C=O) groups is 1. The number of aromatic nitrogens is 1. The Labute approximate surface area is 177 Å². The molecule has 0 unspecified atom stereocenters. The van der Waals surface area contributed by atoms with Crippen molar-refractivity contribution < 1.29 is 9.53 Å². The van der Waals surface area contributed by atoms with Crippen LogP contribution in [0.3, 0.4) is 0 Å². The predicted molar refractivity (Wildman–Crippen MR) is 116 cm³/mol. The first-order valence-corrected chi connectivity index (χ1v) is 10.1. The molecule has 3 rings (SSSR count). The maximum Gasteiger partial charge on any atom is 0.250 e. The lowest BCUT2D eigenvalue weighted by Crippen LogP contribution is -2.19. The first-order chi connectivity index (χ1) is 13.5. The third-order valence-electron chi connectivity index (χ3n) is 3.82. The first kappa shape index (κ1) is 20.5. The SMILES string of the molecule is COc1ccc2nc(C)cc(SCC(=O)N/N=C/c3ccc(Cl)cc3Cl)c2c1. The van der Waals surface area contributed by atoms with Crippen LogP contribution in [-0.2, 0) is 4.79 Å². The Balaban J connectivity index is 1.66. The summed E-state index contributed by atoms with van der Waals surface area (Å²) in [5.41, 5.74) is 4.92. The van der Waals surface area contributed by atoms with Gasteiger partial charge in [0.15, 0.2) is 0 Å². The lowest BCUT2D eigenvalue weighted by atomic mass is 10.2. The highest BCUT2D eigenvalue weighted by Crippen LogP contribution is 2.30. The highest BCUT2D eigenvalue weighted by Gasteiger charge is 2.09. The number of fused-ring (bicyclic) bond motifs is 1. The molecular weight excluding hydrogens is 417 g/mol.